The standard InChI is InChI=1S/C20H34N4O/c1-16-11-17(2)14-24(13-16)15-19-8-6-5-7-18(19)12-23-20(21-3)22-9-10-25-4/h5-8,16-17H,9-15H2,1-4H3,(H2,21,22,23). The van der Waals surface area contributed by atoms with Crippen molar-refractivity contribution in [1.29, 1.82) is 0 Å². The molecule has 2 N–H and O–H groups in total. The predicted molar refractivity (Wildman–Crippen MR) is 105 cm³/mol. The average molecular weight is 347 g/mol. The maximum atomic E-state index is 5.07. The van der Waals surface area contributed by atoms with E-state index in [-0.39, 0.29) is 0 Å². The van der Waals surface area contributed by atoms with Crippen LogP contribution in [0, 0.1) is 11.8 Å². The number of hydrogen-bond donors (Lipinski definition) is 2. The first-order valence-electron chi connectivity index (χ1n) is 9.35. The third-order valence-corrected chi connectivity index (χ3v) is 4.73. The maximum Gasteiger partial charge on any atom is 0.191 e. The van der Waals surface area contributed by atoms with E-state index in [2.05, 4.69) is 58.6 Å². The fourth-order valence-corrected chi connectivity index (χ4v) is 3.72. The molecule has 2 rings (SSSR count). The molecule has 1 aromatic rings. The molecule has 2 atom stereocenters. The number of ether oxygens (including phenoxy) is 1. The van der Waals surface area contributed by atoms with Crippen molar-refractivity contribution in [3.05, 3.63) is 35.4 Å². The topological polar surface area (TPSA) is 48.9 Å². The van der Waals surface area contributed by atoms with E-state index in [0.717, 1.165) is 37.4 Å². The summed E-state index contributed by atoms with van der Waals surface area (Å²) in [6.07, 6.45) is 1.35. The van der Waals surface area contributed by atoms with Gasteiger partial charge in [0.15, 0.2) is 5.96 Å². The van der Waals surface area contributed by atoms with Gasteiger partial charge in [0.2, 0.25) is 0 Å². The Labute approximate surface area is 152 Å². The Kier molecular flexibility index (Phi) is 8.22. The Morgan fingerprint density at radius 3 is 2.48 bits per heavy atom. The highest BCUT2D eigenvalue weighted by Gasteiger charge is 2.22. The molecule has 1 fully saturated rings. The van der Waals surface area contributed by atoms with Crippen LogP contribution in [0.1, 0.15) is 31.4 Å². The predicted octanol–water partition coefficient (Wildman–Crippen LogP) is 2.48. The lowest BCUT2D eigenvalue weighted by molar-refractivity contribution is 0.134. The van der Waals surface area contributed by atoms with Crippen molar-refractivity contribution in [3.8, 4) is 0 Å². The molecule has 0 spiro atoms. The van der Waals surface area contributed by atoms with Crippen molar-refractivity contribution in [3.63, 3.8) is 0 Å². The highest BCUT2D eigenvalue weighted by molar-refractivity contribution is 5.79. The Bertz CT molecular complexity index is 536. The summed E-state index contributed by atoms with van der Waals surface area (Å²) >= 11 is 0. The van der Waals surface area contributed by atoms with Crippen LogP contribution in [0.15, 0.2) is 29.3 Å². The van der Waals surface area contributed by atoms with Gasteiger partial charge in [0, 0.05) is 46.9 Å². The van der Waals surface area contributed by atoms with Gasteiger partial charge >= 0.3 is 0 Å². The number of hydrogen-bond acceptors (Lipinski definition) is 3. The first-order valence-corrected chi connectivity index (χ1v) is 9.35. The molecule has 1 heterocycles. The monoisotopic (exact) mass is 346 g/mol. The molecular formula is C20H34N4O. The molecule has 0 aliphatic carbocycles. The summed E-state index contributed by atoms with van der Waals surface area (Å²) in [7, 11) is 3.50. The molecule has 5 heteroatoms. The van der Waals surface area contributed by atoms with Gasteiger partial charge in [-0.25, -0.2) is 0 Å². The summed E-state index contributed by atoms with van der Waals surface area (Å²) in [5.41, 5.74) is 2.74. The molecule has 2 unspecified atom stereocenters. The molecule has 0 saturated carbocycles. The lowest BCUT2D eigenvalue weighted by Crippen LogP contribution is -2.39. The number of methoxy groups -OCH3 is 1. The van der Waals surface area contributed by atoms with E-state index in [1.165, 1.54) is 30.6 Å². The zero-order chi connectivity index (χ0) is 18.1. The van der Waals surface area contributed by atoms with Gasteiger partial charge in [0.1, 0.15) is 0 Å². The SMILES string of the molecule is CN=C(NCCOC)NCc1ccccc1CN1CC(C)CC(C)C1. The molecule has 0 radical (unpaired) electrons. The number of piperidine rings is 1. The van der Waals surface area contributed by atoms with Crippen molar-refractivity contribution < 1.29 is 4.74 Å². The Hall–Kier alpha value is -1.59. The Morgan fingerprint density at radius 1 is 1.16 bits per heavy atom. The lowest BCUT2D eigenvalue weighted by Gasteiger charge is -2.35. The molecule has 1 aliphatic heterocycles. The van der Waals surface area contributed by atoms with Crippen LogP contribution < -0.4 is 10.6 Å². The quantitative estimate of drug-likeness (QED) is 0.452. The second-order valence-electron chi connectivity index (χ2n) is 7.25. The first-order chi connectivity index (χ1) is 12.1. The van der Waals surface area contributed by atoms with Gasteiger partial charge in [-0.3, -0.25) is 9.89 Å². The average Bonchev–Trinajstić information content (AvgIpc) is 2.58. The maximum absolute atomic E-state index is 5.07. The summed E-state index contributed by atoms with van der Waals surface area (Å²) in [5, 5.41) is 6.66. The van der Waals surface area contributed by atoms with Gasteiger partial charge in [-0.2, -0.15) is 0 Å². The fraction of sp³-hybridized carbons (Fsp3) is 0.650. The van der Waals surface area contributed by atoms with Crippen LogP contribution in [-0.2, 0) is 17.8 Å². The minimum atomic E-state index is 0.669. The highest BCUT2D eigenvalue weighted by atomic mass is 16.5. The summed E-state index contributed by atoms with van der Waals surface area (Å²) < 4.78 is 5.07. The second-order valence-corrected chi connectivity index (χ2v) is 7.25. The highest BCUT2D eigenvalue weighted by Crippen LogP contribution is 2.23. The van der Waals surface area contributed by atoms with Crippen LogP contribution >= 0.6 is 0 Å². The summed E-state index contributed by atoms with van der Waals surface area (Å²) in [6.45, 7) is 10.4. The lowest BCUT2D eigenvalue weighted by atomic mass is 9.91. The van der Waals surface area contributed by atoms with Crippen LogP contribution in [-0.4, -0.2) is 51.3 Å². The first kappa shape index (κ1) is 19.7. The molecule has 5 nitrogen and oxygen atoms in total. The van der Waals surface area contributed by atoms with Crippen molar-refractivity contribution in [2.75, 3.05) is 40.4 Å². The van der Waals surface area contributed by atoms with Crippen LogP contribution in [0.5, 0.6) is 0 Å². The fourth-order valence-electron chi connectivity index (χ4n) is 3.72. The van der Waals surface area contributed by atoms with Crippen LogP contribution in [0.2, 0.25) is 0 Å². The zero-order valence-corrected chi connectivity index (χ0v) is 16.2. The molecule has 1 aromatic carbocycles. The van der Waals surface area contributed by atoms with Crippen molar-refractivity contribution >= 4 is 5.96 Å². The van der Waals surface area contributed by atoms with Gasteiger partial charge in [0.25, 0.3) is 0 Å². The van der Waals surface area contributed by atoms with E-state index >= 15 is 0 Å². The number of aliphatic imine (C=N–C) groups is 1. The van der Waals surface area contributed by atoms with E-state index in [9.17, 15) is 0 Å². The van der Waals surface area contributed by atoms with Gasteiger partial charge in [0.05, 0.1) is 6.61 Å². The van der Waals surface area contributed by atoms with Crippen molar-refractivity contribution in [2.24, 2.45) is 16.8 Å². The number of likely N-dealkylation sites (tertiary alicyclic amines) is 1. The molecule has 0 amide bonds. The second kappa shape index (κ2) is 10.4. The Morgan fingerprint density at radius 2 is 1.84 bits per heavy atom. The van der Waals surface area contributed by atoms with Crippen LogP contribution in [0.4, 0.5) is 0 Å². The zero-order valence-electron chi connectivity index (χ0n) is 16.2. The normalized spacial score (nSPS) is 22.0. The van der Waals surface area contributed by atoms with E-state index in [4.69, 9.17) is 4.74 Å². The van der Waals surface area contributed by atoms with E-state index in [1.54, 1.807) is 14.2 Å². The number of nitrogens with one attached hydrogen (secondary N) is 2. The minimum Gasteiger partial charge on any atom is -0.383 e. The van der Waals surface area contributed by atoms with Crippen LogP contribution in [0.3, 0.4) is 0 Å². The molecule has 0 aromatic heterocycles. The molecule has 1 aliphatic rings. The van der Waals surface area contributed by atoms with Gasteiger partial charge in [-0.15, -0.1) is 0 Å². The largest absolute Gasteiger partial charge is 0.383 e. The summed E-state index contributed by atoms with van der Waals surface area (Å²) in [5.74, 6) is 2.39. The van der Waals surface area contributed by atoms with Crippen molar-refractivity contribution in [1.82, 2.24) is 15.5 Å². The van der Waals surface area contributed by atoms with Gasteiger partial charge in [-0.05, 0) is 29.4 Å². The van der Waals surface area contributed by atoms with E-state index in [1.807, 2.05) is 0 Å². The molecule has 0 bridgehead atoms. The summed E-state index contributed by atoms with van der Waals surface area (Å²) in [4.78, 5) is 6.87. The smallest absolute Gasteiger partial charge is 0.191 e. The third-order valence-electron chi connectivity index (χ3n) is 4.73. The van der Waals surface area contributed by atoms with E-state index < -0.39 is 0 Å². The summed E-state index contributed by atoms with van der Waals surface area (Å²) in [6, 6.07) is 8.72. The third kappa shape index (κ3) is 6.67. The molecule has 1 saturated heterocycles. The van der Waals surface area contributed by atoms with Gasteiger partial charge in [-0.1, -0.05) is 38.1 Å². The van der Waals surface area contributed by atoms with Gasteiger partial charge < -0.3 is 15.4 Å². The number of rotatable bonds is 7. The van der Waals surface area contributed by atoms with E-state index in [0.29, 0.717) is 6.61 Å². The molecular weight excluding hydrogens is 312 g/mol. The Balaban J connectivity index is 1.93. The minimum absolute atomic E-state index is 0.669. The molecule has 140 valence electrons. The molecule has 25 heavy (non-hydrogen) atoms. The van der Waals surface area contributed by atoms with Crippen LogP contribution in [0.25, 0.3) is 0 Å². The number of guanidine groups is 1. The van der Waals surface area contributed by atoms with Crippen molar-refractivity contribution in [2.45, 2.75) is 33.4 Å². The number of nitrogens with zero attached hydrogens (tertiary/aromatic N) is 2. The number of benzene rings is 1.